The molecule has 0 bridgehead atoms. The molecule has 1 aliphatic rings. The number of hydrogen-bond acceptors (Lipinski definition) is 5. The number of rotatable bonds is 3. The summed E-state index contributed by atoms with van der Waals surface area (Å²) < 4.78 is 0.866. The van der Waals surface area contributed by atoms with Crippen molar-refractivity contribution in [2.75, 3.05) is 5.32 Å². The van der Waals surface area contributed by atoms with Gasteiger partial charge >= 0.3 is 5.69 Å². The number of nitrogens with one attached hydrogen (secondary N) is 1. The third-order valence-corrected chi connectivity index (χ3v) is 4.92. The van der Waals surface area contributed by atoms with Gasteiger partial charge in [0.15, 0.2) is 5.52 Å². The fourth-order valence-electron chi connectivity index (χ4n) is 3.04. The van der Waals surface area contributed by atoms with E-state index >= 15 is 0 Å². The van der Waals surface area contributed by atoms with E-state index in [1.54, 1.807) is 5.51 Å². The van der Waals surface area contributed by atoms with Crippen LogP contribution in [0.4, 0.5) is 11.4 Å². The van der Waals surface area contributed by atoms with Crippen molar-refractivity contribution < 1.29 is 4.92 Å². The van der Waals surface area contributed by atoms with Crippen molar-refractivity contribution in [2.45, 2.75) is 51.0 Å². The summed E-state index contributed by atoms with van der Waals surface area (Å²) in [6.45, 7) is 0. The molecule has 3 rings (SSSR count). The Labute approximate surface area is 127 Å². The van der Waals surface area contributed by atoms with E-state index in [1.807, 2.05) is 12.1 Å². The van der Waals surface area contributed by atoms with E-state index in [9.17, 15) is 10.1 Å². The Morgan fingerprint density at radius 1 is 1.19 bits per heavy atom. The lowest BCUT2D eigenvalue weighted by molar-refractivity contribution is -0.382. The number of nitrogens with zero attached hydrogens (tertiary/aromatic N) is 2. The van der Waals surface area contributed by atoms with Crippen LogP contribution in [0.2, 0.25) is 0 Å². The van der Waals surface area contributed by atoms with Crippen LogP contribution in [0.15, 0.2) is 17.6 Å². The maximum atomic E-state index is 11.4. The summed E-state index contributed by atoms with van der Waals surface area (Å²) in [5, 5.41) is 14.8. The van der Waals surface area contributed by atoms with Crippen LogP contribution in [0.5, 0.6) is 0 Å². The summed E-state index contributed by atoms with van der Waals surface area (Å²) in [6.07, 6.45) is 8.43. The van der Waals surface area contributed by atoms with Crippen molar-refractivity contribution in [1.82, 2.24) is 4.98 Å². The van der Waals surface area contributed by atoms with Gasteiger partial charge in [0.05, 0.1) is 15.1 Å². The maximum Gasteiger partial charge on any atom is 0.319 e. The summed E-state index contributed by atoms with van der Waals surface area (Å²) >= 11 is 1.44. The Morgan fingerprint density at radius 2 is 1.90 bits per heavy atom. The molecule has 1 aromatic heterocycles. The van der Waals surface area contributed by atoms with E-state index < -0.39 is 0 Å². The van der Waals surface area contributed by atoms with E-state index in [1.165, 1.54) is 43.4 Å². The predicted octanol–water partition coefficient (Wildman–Crippen LogP) is 4.73. The summed E-state index contributed by atoms with van der Waals surface area (Å²) in [5.74, 6) is 0. The first-order valence-corrected chi connectivity index (χ1v) is 8.41. The van der Waals surface area contributed by atoms with E-state index in [2.05, 4.69) is 10.3 Å². The van der Waals surface area contributed by atoms with E-state index in [-0.39, 0.29) is 10.6 Å². The Kier molecular flexibility index (Phi) is 4.34. The fourth-order valence-corrected chi connectivity index (χ4v) is 3.72. The first-order valence-electron chi connectivity index (χ1n) is 7.53. The molecule has 21 heavy (non-hydrogen) atoms. The number of benzene rings is 1. The lowest BCUT2D eigenvalue weighted by atomic mass is 9.96. The van der Waals surface area contributed by atoms with Crippen LogP contribution in [0, 0.1) is 10.1 Å². The normalized spacial score (nSPS) is 17.3. The molecule has 0 atom stereocenters. The maximum absolute atomic E-state index is 11.4. The van der Waals surface area contributed by atoms with Gasteiger partial charge in [0.2, 0.25) is 0 Å². The van der Waals surface area contributed by atoms with Crippen LogP contribution in [0.3, 0.4) is 0 Å². The number of aromatic nitrogens is 1. The molecule has 112 valence electrons. The van der Waals surface area contributed by atoms with Crippen LogP contribution in [-0.2, 0) is 0 Å². The number of nitro benzene ring substituents is 1. The van der Waals surface area contributed by atoms with Gasteiger partial charge in [0.25, 0.3) is 0 Å². The third kappa shape index (κ3) is 3.15. The molecule has 1 aromatic carbocycles. The first-order chi connectivity index (χ1) is 10.3. The van der Waals surface area contributed by atoms with Gasteiger partial charge < -0.3 is 5.32 Å². The molecular formula is C15H19N3O2S. The largest absolute Gasteiger partial charge is 0.377 e. The Morgan fingerprint density at radius 3 is 2.62 bits per heavy atom. The average Bonchev–Trinajstić information content (AvgIpc) is 2.89. The van der Waals surface area contributed by atoms with Crippen molar-refractivity contribution in [3.63, 3.8) is 0 Å². The zero-order valence-corrected chi connectivity index (χ0v) is 12.7. The standard InChI is InChI=1S/C15H19N3O2S/c19-18(20)15-12(8-9-13-14(15)16-10-21-13)17-11-6-4-2-1-3-5-7-11/h8-11,17H,1-7H2. The molecule has 0 radical (unpaired) electrons. The molecule has 0 unspecified atom stereocenters. The quantitative estimate of drug-likeness (QED) is 0.657. The highest BCUT2D eigenvalue weighted by atomic mass is 32.1. The van der Waals surface area contributed by atoms with Gasteiger partial charge in [-0.15, -0.1) is 11.3 Å². The lowest BCUT2D eigenvalue weighted by Crippen LogP contribution is -2.21. The Hall–Kier alpha value is -1.69. The molecule has 6 heteroatoms. The molecule has 0 amide bonds. The summed E-state index contributed by atoms with van der Waals surface area (Å²) in [4.78, 5) is 15.3. The Balaban J connectivity index is 1.88. The van der Waals surface area contributed by atoms with Gasteiger partial charge in [0, 0.05) is 6.04 Å². The summed E-state index contributed by atoms with van der Waals surface area (Å²) in [6, 6.07) is 4.09. The highest BCUT2D eigenvalue weighted by Gasteiger charge is 2.22. The fraction of sp³-hybridized carbons (Fsp3) is 0.533. The average molecular weight is 305 g/mol. The van der Waals surface area contributed by atoms with Crippen molar-refractivity contribution in [3.8, 4) is 0 Å². The minimum atomic E-state index is -0.312. The lowest BCUT2D eigenvalue weighted by Gasteiger charge is -2.22. The van der Waals surface area contributed by atoms with Crippen molar-refractivity contribution >= 4 is 32.9 Å². The monoisotopic (exact) mass is 305 g/mol. The number of nitro groups is 1. The van der Waals surface area contributed by atoms with Gasteiger partial charge in [-0.05, 0) is 25.0 Å². The van der Waals surface area contributed by atoms with Gasteiger partial charge in [0.1, 0.15) is 5.69 Å². The number of hydrogen-bond donors (Lipinski definition) is 1. The van der Waals surface area contributed by atoms with Gasteiger partial charge in [-0.3, -0.25) is 10.1 Å². The van der Waals surface area contributed by atoms with Crippen LogP contribution in [0.25, 0.3) is 10.2 Å². The second kappa shape index (κ2) is 6.39. The molecule has 1 saturated carbocycles. The van der Waals surface area contributed by atoms with E-state index in [0.717, 1.165) is 17.5 Å². The smallest absolute Gasteiger partial charge is 0.319 e. The van der Waals surface area contributed by atoms with Crippen molar-refractivity contribution in [3.05, 3.63) is 27.8 Å². The molecular weight excluding hydrogens is 286 g/mol. The van der Waals surface area contributed by atoms with Crippen LogP contribution in [0.1, 0.15) is 44.9 Å². The second-order valence-corrected chi connectivity index (χ2v) is 6.49. The second-order valence-electron chi connectivity index (χ2n) is 5.60. The van der Waals surface area contributed by atoms with E-state index in [0.29, 0.717) is 17.2 Å². The number of anilines is 1. The van der Waals surface area contributed by atoms with Crippen molar-refractivity contribution in [2.24, 2.45) is 0 Å². The summed E-state index contributed by atoms with van der Waals surface area (Å²) in [7, 11) is 0. The first kappa shape index (κ1) is 14.3. The molecule has 0 spiro atoms. The number of thiazole rings is 1. The molecule has 1 aliphatic carbocycles. The Bertz CT molecular complexity index is 633. The van der Waals surface area contributed by atoms with Crippen molar-refractivity contribution in [1.29, 1.82) is 0 Å². The molecule has 0 saturated heterocycles. The minimum Gasteiger partial charge on any atom is -0.377 e. The zero-order chi connectivity index (χ0) is 14.7. The molecule has 1 N–H and O–H groups in total. The number of fused-ring (bicyclic) bond motifs is 1. The third-order valence-electron chi connectivity index (χ3n) is 4.12. The zero-order valence-electron chi connectivity index (χ0n) is 11.9. The van der Waals surface area contributed by atoms with Gasteiger partial charge in [-0.25, -0.2) is 4.98 Å². The predicted molar refractivity (Wildman–Crippen MR) is 86.0 cm³/mol. The van der Waals surface area contributed by atoms with Crippen LogP contribution in [-0.4, -0.2) is 15.9 Å². The van der Waals surface area contributed by atoms with Gasteiger partial charge in [-0.2, -0.15) is 0 Å². The minimum absolute atomic E-state index is 0.121. The topological polar surface area (TPSA) is 68.1 Å². The highest BCUT2D eigenvalue weighted by molar-refractivity contribution is 7.16. The molecule has 1 heterocycles. The highest BCUT2D eigenvalue weighted by Crippen LogP contribution is 2.35. The molecule has 0 aliphatic heterocycles. The molecule has 1 fully saturated rings. The molecule has 2 aromatic rings. The van der Waals surface area contributed by atoms with Crippen LogP contribution >= 0.6 is 11.3 Å². The van der Waals surface area contributed by atoms with E-state index in [4.69, 9.17) is 0 Å². The van der Waals surface area contributed by atoms with Gasteiger partial charge in [-0.1, -0.05) is 32.1 Å². The molecule has 5 nitrogen and oxygen atoms in total. The summed E-state index contributed by atoms with van der Waals surface area (Å²) in [5.41, 5.74) is 2.90. The van der Waals surface area contributed by atoms with Crippen LogP contribution < -0.4 is 5.32 Å². The SMILES string of the molecule is O=[N+]([O-])c1c(NC2CCCCCCC2)ccc2scnc12.